The molecule has 0 bridgehead atoms. The molecule has 1 heteroatoms. The van der Waals surface area contributed by atoms with Gasteiger partial charge in [0.25, 0.3) is 0 Å². The Morgan fingerprint density at radius 1 is 1.14 bits per heavy atom. The van der Waals surface area contributed by atoms with Crippen molar-refractivity contribution in [3.8, 4) is 0 Å². The van der Waals surface area contributed by atoms with Gasteiger partial charge in [-0.1, -0.05) is 46.5 Å². The van der Waals surface area contributed by atoms with Crippen molar-refractivity contribution in [3.63, 3.8) is 0 Å². The van der Waals surface area contributed by atoms with E-state index in [4.69, 9.17) is 0 Å². The van der Waals surface area contributed by atoms with Gasteiger partial charge in [0.1, 0.15) is 0 Å². The van der Waals surface area contributed by atoms with Gasteiger partial charge in [0, 0.05) is 6.04 Å². The molecule has 0 aliphatic carbocycles. The molecule has 1 nitrogen and oxygen atoms in total. The zero-order valence-corrected chi connectivity index (χ0v) is 10.3. The number of hydrogen-bond acceptors (Lipinski definition) is 1. The fourth-order valence-electron chi connectivity index (χ4n) is 2.73. The number of rotatable bonds is 6. The molecule has 84 valence electrons. The highest BCUT2D eigenvalue weighted by atomic mass is 15.2. The van der Waals surface area contributed by atoms with Crippen molar-refractivity contribution < 1.29 is 0 Å². The Kier molecular flexibility index (Phi) is 5.54. The predicted molar refractivity (Wildman–Crippen MR) is 63.6 cm³/mol. The van der Waals surface area contributed by atoms with Gasteiger partial charge in [-0.25, -0.2) is 0 Å². The molecule has 0 N–H and O–H groups in total. The molecule has 1 aliphatic heterocycles. The molecule has 0 amide bonds. The first-order chi connectivity index (χ1) is 6.79. The van der Waals surface area contributed by atoms with E-state index in [-0.39, 0.29) is 0 Å². The average Bonchev–Trinajstić information content (AvgIpc) is 2.55. The van der Waals surface area contributed by atoms with E-state index >= 15 is 0 Å². The quantitative estimate of drug-likeness (QED) is 0.587. The Morgan fingerprint density at radius 2 is 1.93 bits per heavy atom. The van der Waals surface area contributed by atoms with Crippen molar-refractivity contribution in [2.24, 2.45) is 5.92 Å². The van der Waals surface area contributed by atoms with Crippen molar-refractivity contribution in [1.29, 1.82) is 0 Å². The van der Waals surface area contributed by atoms with E-state index in [2.05, 4.69) is 25.7 Å². The Hall–Kier alpha value is -0.0400. The summed E-state index contributed by atoms with van der Waals surface area (Å²) < 4.78 is 0. The molecule has 14 heavy (non-hydrogen) atoms. The molecule has 1 heterocycles. The molecule has 1 rings (SSSR count). The van der Waals surface area contributed by atoms with Crippen LogP contribution in [0.3, 0.4) is 0 Å². The minimum atomic E-state index is 0.900. The molecule has 1 fully saturated rings. The van der Waals surface area contributed by atoms with Crippen LogP contribution in [0.2, 0.25) is 0 Å². The van der Waals surface area contributed by atoms with Crippen LogP contribution in [0.5, 0.6) is 0 Å². The van der Waals surface area contributed by atoms with E-state index in [9.17, 15) is 0 Å². The Bertz CT molecular complexity index is 144. The van der Waals surface area contributed by atoms with Crippen molar-refractivity contribution in [3.05, 3.63) is 0 Å². The third kappa shape index (κ3) is 3.27. The second-order valence-corrected chi connectivity index (χ2v) is 4.81. The summed E-state index contributed by atoms with van der Waals surface area (Å²) in [4.78, 5) is 2.68. The molecule has 1 aliphatic rings. The number of likely N-dealkylation sites (tertiary alicyclic amines) is 1. The fraction of sp³-hybridized carbons (Fsp3) is 1.00. The Labute approximate surface area is 89.9 Å². The van der Waals surface area contributed by atoms with E-state index < -0.39 is 0 Å². The van der Waals surface area contributed by atoms with E-state index in [1.807, 2.05) is 0 Å². The summed E-state index contributed by atoms with van der Waals surface area (Å²) in [7, 11) is 0. The van der Waals surface area contributed by atoms with Gasteiger partial charge in [-0.3, -0.25) is 0 Å². The molecule has 2 atom stereocenters. The van der Waals surface area contributed by atoms with Gasteiger partial charge in [-0.15, -0.1) is 0 Å². The van der Waals surface area contributed by atoms with Gasteiger partial charge in [0.05, 0.1) is 0 Å². The summed E-state index contributed by atoms with van der Waals surface area (Å²) in [5.41, 5.74) is 0. The fourth-order valence-corrected chi connectivity index (χ4v) is 2.73. The topological polar surface area (TPSA) is 3.24 Å². The molecule has 0 aromatic carbocycles. The predicted octanol–water partition coefficient (Wildman–Crippen LogP) is 3.69. The highest BCUT2D eigenvalue weighted by Gasteiger charge is 2.28. The highest BCUT2D eigenvalue weighted by Crippen LogP contribution is 2.27. The van der Waals surface area contributed by atoms with Gasteiger partial charge in [0.15, 0.2) is 0 Å². The zero-order chi connectivity index (χ0) is 10.4. The number of unbranched alkanes of at least 4 members (excludes halogenated alkanes) is 3. The first-order valence-electron chi connectivity index (χ1n) is 6.53. The maximum atomic E-state index is 2.68. The van der Waals surface area contributed by atoms with Crippen molar-refractivity contribution in [2.45, 2.75) is 65.3 Å². The first kappa shape index (κ1) is 12.0. The lowest BCUT2D eigenvalue weighted by atomic mass is 9.97. The van der Waals surface area contributed by atoms with Gasteiger partial charge >= 0.3 is 0 Å². The molecule has 1 saturated heterocycles. The van der Waals surface area contributed by atoms with Crippen LogP contribution in [0.15, 0.2) is 0 Å². The lowest BCUT2D eigenvalue weighted by molar-refractivity contribution is 0.225. The van der Waals surface area contributed by atoms with Gasteiger partial charge in [0.2, 0.25) is 0 Å². The van der Waals surface area contributed by atoms with E-state index in [1.165, 1.54) is 51.6 Å². The standard InChI is InChI=1S/C13H27N/c1-4-6-7-8-9-13-12(3)10-11-14(13)5-2/h12-13H,4-11H2,1-3H3. The lowest BCUT2D eigenvalue weighted by Crippen LogP contribution is -2.31. The summed E-state index contributed by atoms with van der Waals surface area (Å²) in [5.74, 6) is 0.941. The largest absolute Gasteiger partial charge is 0.300 e. The van der Waals surface area contributed by atoms with Crippen LogP contribution in [0.25, 0.3) is 0 Å². The van der Waals surface area contributed by atoms with Crippen molar-refractivity contribution in [2.75, 3.05) is 13.1 Å². The zero-order valence-electron chi connectivity index (χ0n) is 10.3. The molecule has 0 spiro atoms. The average molecular weight is 197 g/mol. The van der Waals surface area contributed by atoms with Crippen molar-refractivity contribution >= 4 is 0 Å². The number of hydrogen-bond donors (Lipinski definition) is 0. The minimum Gasteiger partial charge on any atom is -0.300 e. The summed E-state index contributed by atoms with van der Waals surface area (Å²) in [6.07, 6.45) is 8.53. The first-order valence-corrected chi connectivity index (χ1v) is 6.53. The lowest BCUT2D eigenvalue weighted by Gasteiger charge is -2.25. The van der Waals surface area contributed by atoms with Crippen LogP contribution in [0, 0.1) is 5.92 Å². The van der Waals surface area contributed by atoms with E-state index in [0.717, 1.165) is 12.0 Å². The maximum absolute atomic E-state index is 2.68. The van der Waals surface area contributed by atoms with Crippen LogP contribution in [0.4, 0.5) is 0 Å². The SMILES string of the molecule is CCCCCCC1C(C)CCN1CC. The minimum absolute atomic E-state index is 0.900. The molecule has 0 aromatic rings. The molecular weight excluding hydrogens is 170 g/mol. The normalized spacial score (nSPS) is 28.5. The highest BCUT2D eigenvalue weighted by molar-refractivity contribution is 4.83. The monoisotopic (exact) mass is 197 g/mol. The van der Waals surface area contributed by atoms with Crippen LogP contribution in [-0.4, -0.2) is 24.0 Å². The third-order valence-electron chi connectivity index (χ3n) is 3.76. The smallest absolute Gasteiger partial charge is 0.0121 e. The van der Waals surface area contributed by atoms with Gasteiger partial charge in [-0.2, -0.15) is 0 Å². The molecule has 0 aromatic heterocycles. The summed E-state index contributed by atoms with van der Waals surface area (Å²) in [6, 6.07) is 0.900. The van der Waals surface area contributed by atoms with Crippen LogP contribution in [-0.2, 0) is 0 Å². The van der Waals surface area contributed by atoms with Gasteiger partial charge < -0.3 is 4.90 Å². The molecular formula is C13H27N. The van der Waals surface area contributed by atoms with E-state index in [1.54, 1.807) is 0 Å². The number of nitrogens with zero attached hydrogens (tertiary/aromatic N) is 1. The van der Waals surface area contributed by atoms with Crippen LogP contribution >= 0.6 is 0 Å². The second-order valence-electron chi connectivity index (χ2n) is 4.81. The third-order valence-corrected chi connectivity index (χ3v) is 3.76. The molecule has 0 radical (unpaired) electrons. The summed E-state index contributed by atoms with van der Waals surface area (Å²) in [6.45, 7) is 9.62. The summed E-state index contributed by atoms with van der Waals surface area (Å²) >= 11 is 0. The van der Waals surface area contributed by atoms with Gasteiger partial charge in [-0.05, 0) is 31.8 Å². The molecule has 0 saturated carbocycles. The van der Waals surface area contributed by atoms with Crippen molar-refractivity contribution in [1.82, 2.24) is 4.90 Å². The Morgan fingerprint density at radius 3 is 2.57 bits per heavy atom. The second kappa shape index (κ2) is 6.44. The maximum Gasteiger partial charge on any atom is 0.0121 e. The van der Waals surface area contributed by atoms with Crippen LogP contribution in [0.1, 0.15) is 59.3 Å². The summed E-state index contributed by atoms with van der Waals surface area (Å²) in [5, 5.41) is 0. The van der Waals surface area contributed by atoms with Crippen LogP contribution < -0.4 is 0 Å². The van der Waals surface area contributed by atoms with E-state index in [0.29, 0.717) is 0 Å². The Balaban J connectivity index is 2.19. The molecule has 2 unspecified atom stereocenters.